The van der Waals surface area contributed by atoms with Gasteiger partial charge in [0.25, 0.3) is 0 Å². The Morgan fingerprint density at radius 3 is 2.52 bits per heavy atom. The third-order valence-electron chi connectivity index (χ3n) is 4.58. The van der Waals surface area contributed by atoms with E-state index < -0.39 is 0 Å². The molecule has 1 atom stereocenters. The van der Waals surface area contributed by atoms with E-state index in [1.54, 1.807) is 7.11 Å². The van der Waals surface area contributed by atoms with Crippen LogP contribution in [0.5, 0.6) is 11.5 Å². The quantitative estimate of drug-likeness (QED) is 0.396. The number of allylic oxidation sites excluding steroid dienone is 1. The van der Waals surface area contributed by atoms with Gasteiger partial charge >= 0.3 is 0 Å². The number of hydrogen-bond acceptors (Lipinski definition) is 3. The van der Waals surface area contributed by atoms with Gasteiger partial charge in [0.2, 0.25) is 0 Å². The first kappa shape index (κ1) is 18.5. The Morgan fingerprint density at radius 1 is 1.04 bits per heavy atom. The topological polar surface area (TPSA) is 42.2 Å². The Balaban J connectivity index is 1.96. The van der Waals surface area contributed by atoms with Gasteiger partial charge in [-0.25, -0.2) is 0 Å². The Hall–Kier alpha value is -3.25. The van der Waals surface area contributed by atoms with Crippen LogP contribution in [0.25, 0.3) is 22.4 Å². The van der Waals surface area contributed by atoms with Crippen molar-refractivity contribution in [3.05, 3.63) is 71.8 Å². The maximum atomic E-state index is 9.67. The van der Waals surface area contributed by atoms with Gasteiger partial charge in [0.15, 0.2) is 11.5 Å². The molecule has 27 heavy (non-hydrogen) atoms. The molecule has 0 heterocycles. The zero-order valence-electron chi connectivity index (χ0n) is 15.9. The van der Waals surface area contributed by atoms with E-state index in [4.69, 9.17) is 9.47 Å². The first-order valence-corrected chi connectivity index (χ1v) is 9.10. The summed E-state index contributed by atoms with van der Waals surface area (Å²) in [5, 5.41) is 11.9. The molecule has 0 amide bonds. The van der Waals surface area contributed by atoms with E-state index in [0.29, 0.717) is 17.1 Å². The Kier molecular flexibility index (Phi) is 5.78. The van der Waals surface area contributed by atoms with Crippen LogP contribution >= 0.6 is 0 Å². The zero-order chi connectivity index (χ0) is 19.2. The fourth-order valence-electron chi connectivity index (χ4n) is 2.88. The van der Waals surface area contributed by atoms with Crippen LogP contribution in [0.15, 0.2) is 60.7 Å². The smallest absolute Gasteiger partial charge is 0.161 e. The minimum atomic E-state index is 0.118. The summed E-state index contributed by atoms with van der Waals surface area (Å²) in [5.41, 5.74) is 2.40. The molecule has 3 aromatic carbocycles. The zero-order valence-corrected chi connectivity index (χ0v) is 15.9. The van der Waals surface area contributed by atoms with Gasteiger partial charge in [-0.05, 0) is 59.5 Å². The highest BCUT2D eigenvalue weighted by Gasteiger charge is 2.09. The Morgan fingerprint density at radius 2 is 1.81 bits per heavy atom. The summed E-state index contributed by atoms with van der Waals surface area (Å²) in [4.78, 5) is 0. The highest BCUT2D eigenvalue weighted by molar-refractivity contribution is 5.94. The van der Waals surface area contributed by atoms with Crippen molar-refractivity contribution in [3.8, 4) is 17.6 Å². The fourth-order valence-corrected chi connectivity index (χ4v) is 2.88. The van der Waals surface area contributed by atoms with E-state index >= 15 is 0 Å². The molecule has 0 fully saturated rings. The van der Waals surface area contributed by atoms with Crippen molar-refractivity contribution in [2.75, 3.05) is 7.11 Å². The molecule has 0 aliphatic carbocycles. The Bertz CT molecular complexity index is 1010. The molecule has 0 N–H and O–H groups in total. The molecule has 0 aliphatic rings. The largest absolute Gasteiger partial charge is 0.493 e. The van der Waals surface area contributed by atoms with E-state index in [2.05, 4.69) is 25.1 Å². The van der Waals surface area contributed by atoms with Crippen molar-refractivity contribution in [1.29, 1.82) is 5.26 Å². The number of hydrogen-bond donors (Lipinski definition) is 0. The van der Waals surface area contributed by atoms with Crippen LogP contribution in [0.2, 0.25) is 0 Å². The maximum absolute atomic E-state index is 9.67. The summed E-state index contributed by atoms with van der Waals surface area (Å²) in [6.45, 7) is 4.11. The molecule has 0 aliphatic heterocycles. The summed E-state index contributed by atoms with van der Waals surface area (Å²) in [6.07, 6.45) is 2.91. The number of methoxy groups -OCH3 is 1. The number of fused-ring (bicyclic) bond motifs is 1. The summed E-state index contributed by atoms with van der Waals surface area (Å²) < 4.78 is 11.4. The summed E-state index contributed by atoms with van der Waals surface area (Å²) in [6, 6.07) is 22.3. The van der Waals surface area contributed by atoms with Crippen molar-refractivity contribution in [3.63, 3.8) is 0 Å². The fraction of sp³-hybridized carbons (Fsp3) is 0.208. The van der Waals surface area contributed by atoms with Gasteiger partial charge in [0, 0.05) is 0 Å². The average molecular weight is 357 g/mol. The normalized spacial score (nSPS) is 12.4. The molecule has 0 aromatic heterocycles. The van der Waals surface area contributed by atoms with Crippen LogP contribution < -0.4 is 9.47 Å². The minimum Gasteiger partial charge on any atom is -0.493 e. The van der Waals surface area contributed by atoms with Crippen molar-refractivity contribution in [1.82, 2.24) is 0 Å². The minimum absolute atomic E-state index is 0.118. The summed E-state index contributed by atoms with van der Waals surface area (Å²) in [5.74, 6) is 1.38. The maximum Gasteiger partial charge on any atom is 0.161 e. The lowest BCUT2D eigenvalue weighted by atomic mass is 10.00. The third-order valence-corrected chi connectivity index (χ3v) is 4.58. The molecule has 3 nitrogen and oxygen atoms in total. The number of nitriles is 1. The van der Waals surface area contributed by atoms with E-state index in [1.165, 1.54) is 0 Å². The predicted molar refractivity (Wildman–Crippen MR) is 111 cm³/mol. The third kappa shape index (κ3) is 4.30. The highest BCUT2D eigenvalue weighted by Crippen LogP contribution is 2.31. The molecular formula is C24H23NO2. The van der Waals surface area contributed by atoms with Gasteiger partial charge in [-0.1, -0.05) is 49.4 Å². The van der Waals surface area contributed by atoms with Crippen LogP contribution in [0.3, 0.4) is 0 Å². The van der Waals surface area contributed by atoms with Crippen LogP contribution in [0, 0.1) is 11.3 Å². The van der Waals surface area contributed by atoms with Crippen LogP contribution in [0.4, 0.5) is 0 Å². The summed E-state index contributed by atoms with van der Waals surface area (Å²) >= 11 is 0. The molecular weight excluding hydrogens is 334 g/mol. The van der Waals surface area contributed by atoms with Crippen molar-refractivity contribution >= 4 is 22.4 Å². The monoisotopic (exact) mass is 357 g/mol. The van der Waals surface area contributed by atoms with Gasteiger partial charge in [0.05, 0.1) is 24.9 Å². The molecule has 0 saturated heterocycles. The second kappa shape index (κ2) is 8.42. The molecule has 0 bridgehead atoms. The lowest BCUT2D eigenvalue weighted by molar-refractivity contribution is 0.207. The van der Waals surface area contributed by atoms with Crippen molar-refractivity contribution in [2.24, 2.45) is 0 Å². The average Bonchev–Trinajstić information content (AvgIpc) is 2.72. The second-order valence-corrected chi connectivity index (χ2v) is 6.48. The molecule has 3 aromatic rings. The molecule has 0 spiro atoms. The highest BCUT2D eigenvalue weighted by atomic mass is 16.5. The molecule has 3 rings (SSSR count). The molecule has 0 saturated carbocycles. The molecule has 0 radical (unpaired) electrons. The SMILES string of the molecule is CC[C@H](C)Oc1ccc(/C=C(/C#N)c2ccc3ccccc3c2)cc1OC. The van der Waals surface area contributed by atoms with Gasteiger partial charge in [-0.3, -0.25) is 0 Å². The van der Waals surface area contributed by atoms with Crippen molar-refractivity contribution in [2.45, 2.75) is 26.4 Å². The van der Waals surface area contributed by atoms with Crippen LogP contribution in [0.1, 0.15) is 31.4 Å². The van der Waals surface area contributed by atoms with E-state index in [-0.39, 0.29) is 6.10 Å². The van der Waals surface area contributed by atoms with Gasteiger partial charge in [0.1, 0.15) is 0 Å². The molecule has 136 valence electrons. The number of ether oxygens (including phenoxy) is 2. The first-order chi connectivity index (χ1) is 13.1. The van der Waals surface area contributed by atoms with Crippen molar-refractivity contribution < 1.29 is 9.47 Å². The van der Waals surface area contributed by atoms with Gasteiger partial charge in [-0.2, -0.15) is 5.26 Å². The van der Waals surface area contributed by atoms with Crippen LogP contribution in [-0.4, -0.2) is 13.2 Å². The predicted octanol–water partition coefficient (Wildman–Crippen LogP) is 6.09. The van der Waals surface area contributed by atoms with E-state index in [1.807, 2.05) is 61.5 Å². The first-order valence-electron chi connectivity index (χ1n) is 9.10. The van der Waals surface area contributed by atoms with Crippen LogP contribution in [-0.2, 0) is 0 Å². The molecule has 3 heteroatoms. The lowest BCUT2D eigenvalue weighted by Crippen LogP contribution is -2.10. The van der Waals surface area contributed by atoms with Gasteiger partial charge < -0.3 is 9.47 Å². The number of rotatable bonds is 6. The number of benzene rings is 3. The lowest BCUT2D eigenvalue weighted by Gasteiger charge is -2.15. The van der Waals surface area contributed by atoms with E-state index in [0.717, 1.165) is 28.3 Å². The molecule has 0 unspecified atom stereocenters. The standard InChI is InChI=1S/C24H23NO2/c1-4-17(2)27-23-12-9-18(14-24(23)26-3)13-22(16-25)21-11-10-19-7-5-6-8-20(19)15-21/h5-15,17H,4H2,1-3H3/b22-13-/t17-/m0/s1. The Labute approximate surface area is 160 Å². The summed E-state index contributed by atoms with van der Waals surface area (Å²) in [7, 11) is 1.63. The van der Waals surface area contributed by atoms with E-state index in [9.17, 15) is 5.26 Å². The van der Waals surface area contributed by atoms with Gasteiger partial charge in [-0.15, -0.1) is 0 Å². The number of nitrogens with zero attached hydrogens (tertiary/aromatic N) is 1. The second-order valence-electron chi connectivity index (χ2n) is 6.48.